The highest BCUT2D eigenvalue weighted by atomic mass is 16.3. The molecular weight excluding hydrogens is 262 g/mol. The van der Waals surface area contributed by atoms with Gasteiger partial charge in [0.2, 0.25) is 0 Å². The SMILES string of the molecule is CCN(Cc1ccncc1)Cc1occc1CNC1CC1. The summed E-state index contributed by atoms with van der Waals surface area (Å²) in [7, 11) is 0. The third kappa shape index (κ3) is 4.16. The van der Waals surface area contributed by atoms with Gasteiger partial charge in [-0.05, 0) is 43.1 Å². The van der Waals surface area contributed by atoms with Gasteiger partial charge in [0.25, 0.3) is 0 Å². The highest BCUT2D eigenvalue weighted by Crippen LogP contribution is 2.21. The van der Waals surface area contributed by atoms with E-state index < -0.39 is 0 Å². The average molecular weight is 285 g/mol. The number of rotatable bonds is 8. The molecule has 4 nitrogen and oxygen atoms in total. The van der Waals surface area contributed by atoms with Crippen LogP contribution in [-0.4, -0.2) is 22.5 Å². The van der Waals surface area contributed by atoms with E-state index in [-0.39, 0.29) is 0 Å². The maximum absolute atomic E-state index is 5.69. The van der Waals surface area contributed by atoms with Crippen LogP contribution in [0.1, 0.15) is 36.7 Å². The molecule has 3 rings (SSSR count). The van der Waals surface area contributed by atoms with Gasteiger partial charge in [-0.15, -0.1) is 0 Å². The van der Waals surface area contributed by atoms with E-state index in [0.717, 1.165) is 38.0 Å². The van der Waals surface area contributed by atoms with Crippen molar-refractivity contribution in [1.82, 2.24) is 15.2 Å². The fraction of sp³-hybridized carbons (Fsp3) is 0.471. The second-order valence-corrected chi connectivity index (χ2v) is 5.68. The zero-order valence-corrected chi connectivity index (χ0v) is 12.6. The van der Waals surface area contributed by atoms with Gasteiger partial charge in [0.15, 0.2) is 0 Å². The van der Waals surface area contributed by atoms with E-state index in [0.29, 0.717) is 0 Å². The molecule has 112 valence electrons. The molecule has 0 bridgehead atoms. The Balaban J connectivity index is 1.59. The van der Waals surface area contributed by atoms with Crippen LogP contribution in [0.5, 0.6) is 0 Å². The summed E-state index contributed by atoms with van der Waals surface area (Å²) in [5, 5.41) is 3.55. The molecular formula is C17H23N3O. The molecule has 0 saturated heterocycles. The molecule has 4 heteroatoms. The first-order chi connectivity index (χ1) is 10.3. The third-order valence-electron chi connectivity index (χ3n) is 3.97. The minimum Gasteiger partial charge on any atom is -0.468 e. The van der Waals surface area contributed by atoms with Gasteiger partial charge >= 0.3 is 0 Å². The van der Waals surface area contributed by atoms with Crippen LogP contribution in [0, 0.1) is 0 Å². The van der Waals surface area contributed by atoms with Gasteiger partial charge in [0, 0.05) is 37.1 Å². The van der Waals surface area contributed by atoms with Crippen LogP contribution in [0.15, 0.2) is 41.3 Å². The number of nitrogens with zero attached hydrogens (tertiary/aromatic N) is 2. The van der Waals surface area contributed by atoms with E-state index in [1.165, 1.54) is 24.0 Å². The van der Waals surface area contributed by atoms with Crippen molar-refractivity contribution in [2.75, 3.05) is 6.54 Å². The van der Waals surface area contributed by atoms with E-state index >= 15 is 0 Å². The summed E-state index contributed by atoms with van der Waals surface area (Å²) in [5.74, 6) is 1.08. The molecule has 0 spiro atoms. The molecule has 0 radical (unpaired) electrons. The van der Waals surface area contributed by atoms with Crippen molar-refractivity contribution < 1.29 is 4.42 Å². The Kier molecular flexibility index (Phi) is 4.68. The summed E-state index contributed by atoms with van der Waals surface area (Å²) in [5.41, 5.74) is 2.58. The van der Waals surface area contributed by atoms with E-state index in [1.54, 1.807) is 6.26 Å². The van der Waals surface area contributed by atoms with Gasteiger partial charge in [-0.25, -0.2) is 0 Å². The maximum Gasteiger partial charge on any atom is 0.122 e. The summed E-state index contributed by atoms with van der Waals surface area (Å²) >= 11 is 0. The maximum atomic E-state index is 5.69. The summed E-state index contributed by atoms with van der Waals surface area (Å²) in [6.07, 6.45) is 8.13. The number of aromatic nitrogens is 1. The van der Waals surface area contributed by atoms with Crippen molar-refractivity contribution in [3.8, 4) is 0 Å². The van der Waals surface area contributed by atoms with E-state index in [1.807, 2.05) is 12.4 Å². The Bertz CT molecular complexity index is 548. The van der Waals surface area contributed by atoms with Gasteiger partial charge in [0.1, 0.15) is 5.76 Å². The molecule has 0 aromatic carbocycles. The molecule has 2 heterocycles. The highest BCUT2D eigenvalue weighted by Gasteiger charge is 2.21. The molecule has 1 aliphatic rings. The van der Waals surface area contributed by atoms with Gasteiger partial charge in [-0.2, -0.15) is 0 Å². The molecule has 21 heavy (non-hydrogen) atoms. The predicted octanol–water partition coefficient (Wildman–Crippen LogP) is 2.95. The van der Waals surface area contributed by atoms with Crippen molar-refractivity contribution in [3.63, 3.8) is 0 Å². The first kappa shape index (κ1) is 14.3. The number of nitrogens with one attached hydrogen (secondary N) is 1. The molecule has 2 aromatic rings. The molecule has 0 unspecified atom stereocenters. The lowest BCUT2D eigenvalue weighted by Crippen LogP contribution is -2.23. The van der Waals surface area contributed by atoms with Crippen LogP contribution in [-0.2, 0) is 19.6 Å². The Labute approximate surface area is 126 Å². The minimum atomic E-state index is 0.729. The number of pyridine rings is 1. The molecule has 2 aromatic heterocycles. The molecule has 0 aliphatic heterocycles. The predicted molar refractivity (Wildman–Crippen MR) is 82.6 cm³/mol. The van der Waals surface area contributed by atoms with Gasteiger partial charge in [0.05, 0.1) is 12.8 Å². The summed E-state index contributed by atoms with van der Waals surface area (Å²) in [4.78, 5) is 6.45. The van der Waals surface area contributed by atoms with Crippen LogP contribution in [0.25, 0.3) is 0 Å². The Morgan fingerprint density at radius 2 is 2.05 bits per heavy atom. The Hall–Kier alpha value is -1.65. The fourth-order valence-corrected chi connectivity index (χ4v) is 2.43. The molecule has 0 atom stereocenters. The van der Waals surface area contributed by atoms with Crippen LogP contribution < -0.4 is 5.32 Å². The van der Waals surface area contributed by atoms with Crippen molar-refractivity contribution in [1.29, 1.82) is 0 Å². The van der Waals surface area contributed by atoms with Crippen LogP contribution in [0.3, 0.4) is 0 Å². The zero-order valence-electron chi connectivity index (χ0n) is 12.6. The van der Waals surface area contributed by atoms with Crippen molar-refractivity contribution in [3.05, 3.63) is 53.7 Å². The minimum absolute atomic E-state index is 0.729. The van der Waals surface area contributed by atoms with Gasteiger partial charge in [-0.3, -0.25) is 9.88 Å². The number of furan rings is 1. The third-order valence-corrected chi connectivity index (χ3v) is 3.97. The van der Waals surface area contributed by atoms with Gasteiger partial charge in [-0.1, -0.05) is 6.92 Å². The summed E-state index contributed by atoms with van der Waals surface area (Å²) < 4.78 is 5.69. The van der Waals surface area contributed by atoms with Crippen molar-refractivity contribution in [2.24, 2.45) is 0 Å². The average Bonchev–Trinajstić information content (AvgIpc) is 3.25. The van der Waals surface area contributed by atoms with E-state index in [2.05, 4.69) is 40.3 Å². The zero-order chi connectivity index (χ0) is 14.5. The smallest absolute Gasteiger partial charge is 0.122 e. The first-order valence-corrected chi connectivity index (χ1v) is 7.75. The molecule has 1 N–H and O–H groups in total. The lowest BCUT2D eigenvalue weighted by Gasteiger charge is -2.20. The van der Waals surface area contributed by atoms with E-state index in [9.17, 15) is 0 Å². The second-order valence-electron chi connectivity index (χ2n) is 5.68. The first-order valence-electron chi connectivity index (χ1n) is 7.75. The van der Waals surface area contributed by atoms with E-state index in [4.69, 9.17) is 4.42 Å². The summed E-state index contributed by atoms with van der Waals surface area (Å²) in [6, 6.07) is 6.96. The topological polar surface area (TPSA) is 41.3 Å². The normalized spacial score (nSPS) is 14.8. The molecule has 1 saturated carbocycles. The van der Waals surface area contributed by atoms with Crippen LogP contribution in [0.4, 0.5) is 0 Å². The molecule has 1 fully saturated rings. The molecule has 0 amide bonds. The summed E-state index contributed by atoms with van der Waals surface area (Å²) in [6.45, 7) is 5.89. The van der Waals surface area contributed by atoms with Crippen molar-refractivity contribution >= 4 is 0 Å². The fourth-order valence-electron chi connectivity index (χ4n) is 2.43. The number of hydrogen-bond acceptors (Lipinski definition) is 4. The quantitative estimate of drug-likeness (QED) is 0.809. The lowest BCUT2D eigenvalue weighted by atomic mass is 10.2. The van der Waals surface area contributed by atoms with Crippen LogP contribution in [0.2, 0.25) is 0 Å². The lowest BCUT2D eigenvalue weighted by molar-refractivity contribution is 0.246. The largest absolute Gasteiger partial charge is 0.468 e. The van der Waals surface area contributed by atoms with Gasteiger partial charge < -0.3 is 9.73 Å². The molecule has 1 aliphatic carbocycles. The Morgan fingerprint density at radius 3 is 2.76 bits per heavy atom. The highest BCUT2D eigenvalue weighted by molar-refractivity contribution is 5.18. The van der Waals surface area contributed by atoms with Crippen LogP contribution >= 0.6 is 0 Å². The van der Waals surface area contributed by atoms with Crippen molar-refractivity contribution in [2.45, 2.75) is 45.4 Å². The Morgan fingerprint density at radius 1 is 1.24 bits per heavy atom. The standard InChI is InChI=1S/C17H23N3O/c1-2-20(12-14-5-8-18-9-6-14)13-17-15(7-10-21-17)11-19-16-3-4-16/h5-10,16,19H,2-4,11-13H2,1H3. The second kappa shape index (κ2) is 6.87. The monoisotopic (exact) mass is 285 g/mol. The number of hydrogen-bond donors (Lipinski definition) is 1.